The van der Waals surface area contributed by atoms with Crippen molar-refractivity contribution in [3.8, 4) is 0 Å². The van der Waals surface area contributed by atoms with Crippen molar-refractivity contribution in [3.05, 3.63) is 39.9 Å². The van der Waals surface area contributed by atoms with Gasteiger partial charge in [0.05, 0.1) is 11.3 Å². The molecule has 0 unspecified atom stereocenters. The zero-order valence-electron chi connectivity index (χ0n) is 8.46. The van der Waals surface area contributed by atoms with Crippen LogP contribution in [0.15, 0.2) is 24.3 Å². The SMILES string of the molecule is O=C(O)CCSCc1ccccc1[N+](=O)[O-]. The van der Waals surface area contributed by atoms with Crippen LogP contribution < -0.4 is 0 Å². The molecule has 0 aliphatic rings. The van der Waals surface area contributed by atoms with Gasteiger partial charge in [-0.25, -0.2) is 0 Å². The van der Waals surface area contributed by atoms with Crippen LogP contribution in [-0.2, 0) is 10.5 Å². The lowest BCUT2D eigenvalue weighted by molar-refractivity contribution is -0.385. The zero-order valence-corrected chi connectivity index (χ0v) is 9.27. The van der Waals surface area contributed by atoms with E-state index in [0.29, 0.717) is 17.1 Å². The van der Waals surface area contributed by atoms with E-state index in [2.05, 4.69) is 0 Å². The molecule has 16 heavy (non-hydrogen) atoms. The predicted octanol–water partition coefficient (Wildman–Crippen LogP) is 2.30. The van der Waals surface area contributed by atoms with Crippen molar-refractivity contribution in [2.75, 3.05) is 5.75 Å². The quantitative estimate of drug-likeness (QED) is 0.469. The molecule has 0 spiro atoms. The van der Waals surface area contributed by atoms with E-state index in [1.165, 1.54) is 17.8 Å². The molecule has 6 heteroatoms. The van der Waals surface area contributed by atoms with Gasteiger partial charge < -0.3 is 5.11 Å². The highest BCUT2D eigenvalue weighted by Crippen LogP contribution is 2.22. The summed E-state index contributed by atoms with van der Waals surface area (Å²) in [5.41, 5.74) is 0.716. The monoisotopic (exact) mass is 241 g/mol. The first-order chi connectivity index (χ1) is 7.61. The Labute approximate surface area is 96.6 Å². The summed E-state index contributed by atoms with van der Waals surface area (Å²) in [6, 6.07) is 6.49. The standard InChI is InChI=1S/C10H11NO4S/c12-10(13)5-6-16-7-8-3-1-2-4-9(8)11(14)15/h1-4H,5-7H2,(H,12,13). The number of nitro benzene ring substituents is 1. The average Bonchev–Trinajstić information content (AvgIpc) is 2.24. The Kier molecular flexibility index (Phi) is 4.78. The summed E-state index contributed by atoms with van der Waals surface area (Å²) in [6.07, 6.45) is 0.0747. The normalized spacial score (nSPS) is 10.0. The molecule has 0 aromatic heterocycles. The van der Waals surface area contributed by atoms with Crippen LogP contribution in [-0.4, -0.2) is 21.8 Å². The highest BCUT2D eigenvalue weighted by molar-refractivity contribution is 7.98. The lowest BCUT2D eigenvalue weighted by Crippen LogP contribution is -1.97. The number of carbonyl (C=O) groups is 1. The van der Waals surface area contributed by atoms with Gasteiger partial charge in [0.2, 0.25) is 0 Å². The van der Waals surface area contributed by atoms with E-state index in [0.717, 1.165) is 0 Å². The average molecular weight is 241 g/mol. The third-order valence-corrected chi connectivity index (χ3v) is 2.91. The van der Waals surface area contributed by atoms with Gasteiger partial charge in [-0.05, 0) is 0 Å². The van der Waals surface area contributed by atoms with Gasteiger partial charge in [0, 0.05) is 23.1 Å². The second-order valence-corrected chi connectivity index (χ2v) is 4.19. The molecular formula is C10H11NO4S. The van der Waals surface area contributed by atoms with Crippen LogP contribution in [0.4, 0.5) is 5.69 Å². The number of hydrogen-bond acceptors (Lipinski definition) is 4. The largest absolute Gasteiger partial charge is 0.481 e. The molecule has 1 aromatic carbocycles. The minimum absolute atomic E-state index is 0.0747. The van der Waals surface area contributed by atoms with Crippen LogP contribution in [0.2, 0.25) is 0 Å². The summed E-state index contributed by atoms with van der Waals surface area (Å²) in [5.74, 6) is 0.0706. The van der Waals surface area contributed by atoms with Crippen LogP contribution >= 0.6 is 11.8 Å². The third kappa shape index (κ3) is 3.90. The fourth-order valence-corrected chi connectivity index (χ4v) is 2.08. The van der Waals surface area contributed by atoms with Gasteiger partial charge in [-0.3, -0.25) is 14.9 Å². The van der Waals surface area contributed by atoms with Gasteiger partial charge in [-0.1, -0.05) is 18.2 Å². The molecule has 0 aliphatic carbocycles. The number of carboxylic acids is 1. The number of nitro groups is 1. The molecular weight excluding hydrogens is 230 g/mol. The number of aliphatic carboxylic acids is 1. The highest BCUT2D eigenvalue weighted by atomic mass is 32.2. The van der Waals surface area contributed by atoms with E-state index in [1.807, 2.05) is 0 Å². The number of para-hydroxylation sites is 1. The third-order valence-electron chi connectivity index (χ3n) is 1.91. The molecule has 86 valence electrons. The Morgan fingerprint density at radius 1 is 1.44 bits per heavy atom. The van der Waals surface area contributed by atoms with E-state index >= 15 is 0 Å². The molecule has 0 radical (unpaired) electrons. The van der Waals surface area contributed by atoms with Crippen LogP contribution in [0, 0.1) is 10.1 Å². The van der Waals surface area contributed by atoms with Crippen molar-refractivity contribution < 1.29 is 14.8 Å². The number of thioether (sulfide) groups is 1. The lowest BCUT2D eigenvalue weighted by Gasteiger charge is -2.01. The summed E-state index contributed by atoms with van der Waals surface area (Å²) in [6.45, 7) is 0. The Hall–Kier alpha value is -1.56. The smallest absolute Gasteiger partial charge is 0.304 e. The minimum Gasteiger partial charge on any atom is -0.481 e. The Bertz CT molecular complexity index is 394. The van der Waals surface area contributed by atoms with E-state index in [-0.39, 0.29) is 12.1 Å². The first kappa shape index (κ1) is 12.5. The van der Waals surface area contributed by atoms with E-state index in [1.54, 1.807) is 18.2 Å². The summed E-state index contributed by atoms with van der Waals surface area (Å²) < 4.78 is 0. The van der Waals surface area contributed by atoms with Crippen molar-refractivity contribution in [1.82, 2.24) is 0 Å². The van der Waals surface area contributed by atoms with Crippen molar-refractivity contribution >= 4 is 23.4 Å². The number of carboxylic acid groups (broad SMARTS) is 1. The van der Waals surface area contributed by atoms with Crippen LogP contribution in [0.1, 0.15) is 12.0 Å². The van der Waals surface area contributed by atoms with Crippen molar-refractivity contribution in [2.45, 2.75) is 12.2 Å². The molecule has 0 amide bonds. The van der Waals surface area contributed by atoms with Gasteiger partial charge >= 0.3 is 5.97 Å². The summed E-state index contributed by atoms with van der Waals surface area (Å²) in [5, 5.41) is 19.1. The molecule has 0 saturated heterocycles. The van der Waals surface area contributed by atoms with E-state index in [4.69, 9.17) is 5.11 Å². The van der Waals surface area contributed by atoms with Gasteiger partial charge in [0.15, 0.2) is 0 Å². The maximum atomic E-state index is 10.7. The molecule has 0 saturated carbocycles. The summed E-state index contributed by atoms with van der Waals surface area (Å²) >= 11 is 1.38. The summed E-state index contributed by atoms with van der Waals surface area (Å²) in [7, 11) is 0. The fourth-order valence-electron chi connectivity index (χ4n) is 1.15. The molecule has 0 heterocycles. The Balaban J connectivity index is 2.53. The Morgan fingerprint density at radius 3 is 2.75 bits per heavy atom. The van der Waals surface area contributed by atoms with E-state index in [9.17, 15) is 14.9 Å². The first-order valence-electron chi connectivity index (χ1n) is 4.63. The van der Waals surface area contributed by atoms with Crippen LogP contribution in [0.3, 0.4) is 0 Å². The molecule has 1 aromatic rings. The fraction of sp³-hybridized carbons (Fsp3) is 0.300. The van der Waals surface area contributed by atoms with Crippen molar-refractivity contribution in [3.63, 3.8) is 0 Å². The molecule has 0 bridgehead atoms. The molecule has 5 nitrogen and oxygen atoms in total. The number of rotatable bonds is 6. The van der Waals surface area contributed by atoms with E-state index < -0.39 is 10.9 Å². The molecule has 0 atom stereocenters. The molecule has 0 fully saturated rings. The van der Waals surface area contributed by atoms with Crippen molar-refractivity contribution in [1.29, 1.82) is 0 Å². The predicted molar refractivity (Wildman–Crippen MR) is 61.5 cm³/mol. The minimum atomic E-state index is -0.852. The maximum absolute atomic E-state index is 10.7. The van der Waals surface area contributed by atoms with Crippen molar-refractivity contribution in [2.24, 2.45) is 0 Å². The van der Waals surface area contributed by atoms with Crippen LogP contribution in [0.25, 0.3) is 0 Å². The van der Waals surface area contributed by atoms with Gasteiger partial charge in [0.1, 0.15) is 0 Å². The number of nitrogens with zero attached hydrogens (tertiary/aromatic N) is 1. The number of hydrogen-bond donors (Lipinski definition) is 1. The second kappa shape index (κ2) is 6.12. The molecule has 0 aliphatic heterocycles. The van der Waals surface area contributed by atoms with Crippen LogP contribution in [0.5, 0.6) is 0 Å². The topological polar surface area (TPSA) is 80.4 Å². The van der Waals surface area contributed by atoms with Gasteiger partial charge in [-0.15, -0.1) is 0 Å². The second-order valence-electron chi connectivity index (χ2n) is 3.08. The van der Waals surface area contributed by atoms with Gasteiger partial charge in [-0.2, -0.15) is 11.8 Å². The molecule has 1 N–H and O–H groups in total. The maximum Gasteiger partial charge on any atom is 0.304 e. The highest BCUT2D eigenvalue weighted by Gasteiger charge is 2.11. The zero-order chi connectivity index (χ0) is 12.0. The lowest BCUT2D eigenvalue weighted by atomic mass is 10.2. The van der Waals surface area contributed by atoms with Gasteiger partial charge in [0.25, 0.3) is 5.69 Å². The number of benzene rings is 1. The summed E-state index contributed by atoms with van der Waals surface area (Å²) in [4.78, 5) is 20.5. The molecule has 1 rings (SSSR count). The first-order valence-corrected chi connectivity index (χ1v) is 5.78. The Morgan fingerprint density at radius 2 is 2.12 bits per heavy atom.